The van der Waals surface area contributed by atoms with Crippen LogP contribution < -0.4 is 10.6 Å². The van der Waals surface area contributed by atoms with Crippen LogP contribution in [-0.4, -0.2) is 89.6 Å². The highest BCUT2D eigenvalue weighted by molar-refractivity contribution is 7.97. The van der Waals surface area contributed by atoms with Gasteiger partial charge in [0.15, 0.2) is 11.4 Å². The molecular weight excluding hydrogens is 601 g/mol. The normalized spacial score (nSPS) is 27.2. The minimum absolute atomic E-state index is 0.0508. The number of nitrogens with zero attached hydrogens (tertiary/aromatic N) is 2. The fourth-order valence-electron chi connectivity index (χ4n) is 6.16. The van der Waals surface area contributed by atoms with Crippen molar-refractivity contribution >= 4 is 44.7 Å². The van der Waals surface area contributed by atoms with Gasteiger partial charge in [-0.25, -0.2) is 14.1 Å². The highest BCUT2D eigenvalue weighted by atomic mass is 32.2. The van der Waals surface area contributed by atoms with E-state index < -0.39 is 24.3 Å². The molecule has 3 N–H and O–H groups in total. The molecule has 12 heteroatoms. The van der Waals surface area contributed by atoms with E-state index in [0.717, 1.165) is 32.4 Å². The lowest BCUT2D eigenvalue weighted by Crippen LogP contribution is -2.50. The number of aliphatic hydroxyl groups excluding tert-OH is 1. The van der Waals surface area contributed by atoms with E-state index in [1.807, 2.05) is 30.3 Å². The molecule has 4 fully saturated rings. The van der Waals surface area contributed by atoms with Crippen molar-refractivity contribution in [2.45, 2.75) is 80.8 Å². The Morgan fingerprint density at radius 2 is 1.98 bits per heavy atom. The van der Waals surface area contributed by atoms with Crippen molar-refractivity contribution in [2.75, 3.05) is 31.6 Å². The number of aliphatic hydroxyl groups is 1. The van der Waals surface area contributed by atoms with Gasteiger partial charge in [0.2, 0.25) is 0 Å². The van der Waals surface area contributed by atoms with Gasteiger partial charge in [-0.3, -0.25) is 0 Å². The minimum Gasteiger partial charge on any atom is -0.443 e. The van der Waals surface area contributed by atoms with Crippen LogP contribution in [0.25, 0.3) is 10.2 Å². The SMILES string of the molecule is CC(C)CN(CC(O)C(Cc1ccccc1)NC(=O)OC1C2COC3OCC1C3O2)Sc1ccc2nc(NC3CC3)sc2c1. The molecule has 7 atom stereocenters. The molecular formula is C32H40N4O6S2. The summed E-state index contributed by atoms with van der Waals surface area (Å²) >= 11 is 3.31. The minimum atomic E-state index is -0.850. The first-order valence-electron chi connectivity index (χ1n) is 15.6. The summed E-state index contributed by atoms with van der Waals surface area (Å²) < 4.78 is 26.7. The average molecular weight is 641 g/mol. The quantitative estimate of drug-likeness (QED) is 0.228. The summed E-state index contributed by atoms with van der Waals surface area (Å²) in [6.07, 6.45) is 0.128. The van der Waals surface area contributed by atoms with Crippen LogP contribution in [0, 0.1) is 11.8 Å². The first-order valence-corrected chi connectivity index (χ1v) is 17.1. The largest absolute Gasteiger partial charge is 0.443 e. The van der Waals surface area contributed by atoms with E-state index in [4.69, 9.17) is 23.9 Å². The van der Waals surface area contributed by atoms with Crippen LogP contribution in [0.2, 0.25) is 0 Å². The van der Waals surface area contributed by atoms with E-state index in [-0.39, 0.29) is 24.4 Å². The molecule has 3 aliphatic heterocycles. The smallest absolute Gasteiger partial charge is 0.407 e. The molecule has 1 aromatic heterocycles. The predicted octanol–water partition coefficient (Wildman–Crippen LogP) is 4.67. The number of anilines is 1. The van der Waals surface area contributed by atoms with Crippen molar-refractivity contribution in [1.82, 2.24) is 14.6 Å². The van der Waals surface area contributed by atoms with Crippen LogP contribution in [0.5, 0.6) is 0 Å². The number of benzene rings is 2. The van der Waals surface area contributed by atoms with Crippen molar-refractivity contribution < 1.29 is 28.8 Å². The van der Waals surface area contributed by atoms with E-state index in [9.17, 15) is 9.90 Å². The number of amides is 1. The highest BCUT2D eigenvalue weighted by Gasteiger charge is 2.58. The molecule has 2 bridgehead atoms. The number of rotatable bonds is 13. The molecule has 1 aliphatic carbocycles. The zero-order valence-corrected chi connectivity index (χ0v) is 26.6. The molecule has 0 spiro atoms. The summed E-state index contributed by atoms with van der Waals surface area (Å²) in [5, 5.41) is 19.1. The third-order valence-electron chi connectivity index (χ3n) is 8.46. The first-order chi connectivity index (χ1) is 21.4. The lowest BCUT2D eigenvalue weighted by atomic mass is 9.99. The molecule has 7 rings (SSSR count). The molecule has 236 valence electrons. The maximum absolute atomic E-state index is 13.3. The summed E-state index contributed by atoms with van der Waals surface area (Å²) in [6.45, 7) is 6.23. The Labute approximate surface area is 265 Å². The maximum atomic E-state index is 13.3. The lowest BCUT2D eigenvalue weighted by Gasteiger charge is -2.31. The van der Waals surface area contributed by atoms with Crippen LogP contribution in [0.15, 0.2) is 53.4 Å². The number of thiazole rings is 1. The number of fused-ring (bicyclic) bond motifs is 2. The number of aromatic nitrogens is 1. The van der Waals surface area contributed by atoms with Gasteiger partial charge >= 0.3 is 6.09 Å². The zero-order chi connectivity index (χ0) is 30.2. The topological polar surface area (TPSA) is 114 Å². The van der Waals surface area contributed by atoms with Crippen LogP contribution in [0.4, 0.5) is 9.93 Å². The van der Waals surface area contributed by atoms with Crippen molar-refractivity contribution in [3.05, 3.63) is 54.1 Å². The van der Waals surface area contributed by atoms with Crippen molar-refractivity contribution in [3.8, 4) is 0 Å². The Balaban J connectivity index is 1.04. The zero-order valence-electron chi connectivity index (χ0n) is 25.0. The van der Waals surface area contributed by atoms with Crippen LogP contribution in [0.3, 0.4) is 0 Å². The molecule has 2 aromatic carbocycles. The molecule has 1 amide bonds. The van der Waals surface area contributed by atoms with Crippen molar-refractivity contribution in [3.63, 3.8) is 0 Å². The Morgan fingerprint density at radius 3 is 2.77 bits per heavy atom. The number of ether oxygens (including phenoxy) is 4. The molecule has 7 unspecified atom stereocenters. The Bertz CT molecular complexity index is 1440. The standard InChI is InChI=1S/C32H40N4O6S2/c1-18(2)14-36(44-21-10-11-23-27(13-21)43-31(34-23)33-20-8-9-20)15-25(37)24(12-19-6-4-3-5-7-19)35-32(38)42-28-22-16-39-30-29(22)41-26(28)17-40-30/h3-7,10-11,13,18,20,22,24-26,28-30,37H,8-9,12,14-17H2,1-2H3,(H,33,34)(H,35,38). The maximum Gasteiger partial charge on any atom is 0.407 e. The van der Waals surface area contributed by atoms with Gasteiger partial charge in [0.1, 0.15) is 18.3 Å². The van der Waals surface area contributed by atoms with E-state index in [0.29, 0.717) is 38.1 Å². The van der Waals surface area contributed by atoms with Gasteiger partial charge in [-0.05, 0) is 60.9 Å². The Morgan fingerprint density at radius 1 is 1.16 bits per heavy atom. The fourth-order valence-corrected chi connectivity index (χ4v) is 8.41. The molecule has 4 heterocycles. The monoisotopic (exact) mass is 640 g/mol. The molecule has 3 aromatic rings. The van der Waals surface area contributed by atoms with E-state index >= 15 is 0 Å². The Hall–Kier alpha value is -2.45. The van der Waals surface area contributed by atoms with Gasteiger partial charge in [-0.15, -0.1) is 0 Å². The second-order valence-corrected chi connectivity index (χ2v) is 14.8. The second kappa shape index (κ2) is 13.1. The summed E-state index contributed by atoms with van der Waals surface area (Å²) in [4.78, 5) is 19.1. The number of alkyl carbamates (subject to hydrolysis) is 1. The number of carbonyl (C=O) groups is 1. The molecule has 44 heavy (non-hydrogen) atoms. The van der Waals surface area contributed by atoms with E-state index in [2.05, 4.69) is 47.0 Å². The summed E-state index contributed by atoms with van der Waals surface area (Å²) in [7, 11) is 0. The van der Waals surface area contributed by atoms with Gasteiger partial charge in [-0.2, -0.15) is 0 Å². The summed E-state index contributed by atoms with van der Waals surface area (Å²) in [5.41, 5.74) is 2.01. The molecule has 1 saturated carbocycles. The third kappa shape index (κ3) is 7.01. The van der Waals surface area contributed by atoms with Crippen LogP contribution in [0.1, 0.15) is 32.3 Å². The molecule has 3 saturated heterocycles. The molecule has 10 nitrogen and oxygen atoms in total. The predicted molar refractivity (Wildman–Crippen MR) is 170 cm³/mol. The second-order valence-electron chi connectivity index (χ2n) is 12.6. The van der Waals surface area contributed by atoms with Gasteiger partial charge in [0.25, 0.3) is 0 Å². The molecule has 4 aliphatic rings. The number of nitrogens with one attached hydrogen (secondary N) is 2. The first kappa shape index (κ1) is 30.2. The molecule has 0 radical (unpaired) electrons. The van der Waals surface area contributed by atoms with Crippen LogP contribution in [-0.2, 0) is 25.4 Å². The highest BCUT2D eigenvalue weighted by Crippen LogP contribution is 2.41. The van der Waals surface area contributed by atoms with Crippen LogP contribution >= 0.6 is 23.3 Å². The average Bonchev–Trinajstić information content (AvgIpc) is 3.46. The lowest BCUT2D eigenvalue weighted by molar-refractivity contribution is -0.231. The Kier molecular flexibility index (Phi) is 9.01. The summed E-state index contributed by atoms with van der Waals surface area (Å²) in [6, 6.07) is 16.2. The van der Waals surface area contributed by atoms with Crippen molar-refractivity contribution in [1.29, 1.82) is 0 Å². The number of hydrogen-bond acceptors (Lipinski definition) is 11. The van der Waals surface area contributed by atoms with Gasteiger partial charge < -0.3 is 34.7 Å². The number of carbonyl (C=O) groups excluding carboxylic acids is 1. The van der Waals surface area contributed by atoms with E-state index in [1.165, 1.54) is 12.8 Å². The summed E-state index contributed by atoms with van der Waals surface area (Å²) in [5.74, 6) is 0.327. The van der Waals surface area contributed by atoms with Crippen molar-refractivity contribution in [2.24, 2.45) is 11.8 Å². The van der Waals surface area contributed by atoms with Gasteiger partial charge in [0.05, 0.1) is 41.5 Å². The number of hydrogen-bond donors (Lipinski definition) is 3. The van der Waals surface area contributed by atoms with Gasteiger partial charge in [-0.1, -0.05) is 55.5 Å². The fraction of sp³-hybridized carbons (Fsp3) is 0.562. The third-order valence-corrected chi connectivity index (χ3v) is 10.4. The van der Waals surface area contributed by atoms with Gasteiger partial charge in [0, 0.05) is 24.0 Å². The van der Waals surface area contributed by atoms with E-state index in [1.54, 1.807) is 23.3 Å².